The quantitative estimate of drug-likeness (QED) is 0.788. The molecule has 0 fully saturated rings. The fourth-order valence-electron chi connectivity index (χ4n) is 1.27. The number of sulfonamides is 1. The van der Waals surface area contributed by atoms with E-state index in [1.165, 1.54) is 21.7 Å². The molecule has 1 aromatic rings. The number of hydrogen-bond donors (Lipinski definition) is 1. The summed E-state index contributed by atoms with van der Waals surface area (Å²) >= 11 is 1.24. The minimum Gasteiger partial charge on any atom is -0.391 e. The maximum Gasteiger partial charge on any atom is 0.244 e. The zero-order chi connectivity index (χ0) is 12.2. The van der Waals surface area contributed by atoms with Crippen LogP contribution in [0.4, 0.5) is 0 Å². The second-order valence-electron chi connectivity index (χ2n) is 3.15. The normalized spacial score (nSPS) is 11.9. The summed E-state index contributed by atoms with van der Waals surface area (Å²) in [6.07, 6.45) is 1.56. The highest BCUT2D eigenvalue weighted by atomic mass is 32.2. The lowest BCUT2D eigenvalue weighted by Gasteiger charge is -2.17. The molecule has 0 unspecified atom stereocenters. The van der Waals surface area contributed by atoms with Gasteiger partial charge in [0.1, 0.15) is 0 Å². The molecule has 0 aliphatic rings. The maximum absolute atomic E-state index is 12.1. The zero-order valence-electron chi connectivity index (χ0n) is 9.09. The van der Waals surface area contributed by atoms with E-state index in [0.29, 0.717) is 18.0 Å². The third-order valence-electron chi connectivity index (χ3n) is 2.11. The van der Waals surface area contributed by atoms with E-state index in [-0.39, 0.29) is 11.5 Å². The summed E-state index contributed by atoms with van der Waals surface area (Å²) in [6, 6.07) is 1.51. The number of likely N-dealkylation sites (N-methyl/N-ethyl adjacent to an activating group) is 1. The Kier molecular flexibility index (Phi) is 4.67. The number of aliphatic hydroxyl groups excluding tert-OH is 1. The molecule has 0 radical (unpaired) electrons. The van der Waals surface area contributed by atoms with Crippen molar-refractivity contribution in [2.45, 2.75) is 18.4 Å². The average molecular weight is 261 g/mol. The third-order valence-corrected chi connectivity index (χ3v) is 5.10. The number of rotatable bonds is 6. The molecule has 90 valence electrons. The molecule has 1 rings (SSSR count). The van der Waals surface area contributed by atoms with Crippen molar-refractivity contribution in [1.82, 2.24) is 4.31 Å². The van der Waals surface area contributed by atoms with Crippen molar-refractivity contribution in [3.8, 4) is 0 Å². The van der Waals surface area contributed by atoms with Gasteiger partial charge in [0.25, 0.3) is 0 Å². The average Bonchev–Trinajstić information content (AvgIpc) is 2.74. The predicted octanol–water partition coefficient (Wildman–Crippen LogP) is 1.44. The van der Waals surface area contributed by atoms with Gasteiger partial charge in [0.05, 0.1) is 11.5 Å². The molecule has 0 bridgehead atoms. The van der Waals surface area contributed by atoms with Crippen molar-refractivity contribution >= 4 is 21.4 Å². The summed E-state index contributed by atoms with van der Waals surface area (Å²) in [6.45, 7) is 5.88. The molecule has 0 amide bonds. The second-order valence-corrected chi connectivity index (χ2v) is 6.08. The van der Waals surface area contributed by atoms with Crippen LogP contribution in [-0.4, -0.2) is 30.9 Å². The van der Waals surface area contributed by atoms with Crippen LogP contribution < -0.4 is 0 Å². The van der Waals surface area contributed by atoms with Gasteiger partial charge in [-0.1, -0.05) is 13.0 Å². The summed E-state index contributed by atoms with van der Waals surface area (Å²) in [7, 11) is -3.44. The topological polar surface area (TPSA) is 57.6 Å². The van der Waals surface area contributed by atoms with Crippen LogP contribution in [0.5, 0.6) is 0 Å². The molecule has 0 aromatic carbocycles. The predicted molar refractivity (Wildman–Crippen MR) is 64.9 cm³/mol. The van der Waals surface area contributed by atoms with Crippen LogP contribution in [0.1, 0.15) is 11.8 Å². The molecule has 1 aromatic heterocycles. The molecule has 6 heteroatoms. The summed E-state index contributed by atoms with van der Waals surface area (Å²) in [4.78, 5) is 0.887. The molecule has 0 aliphatic heterocycles. The van der Waals surface area contributed by atoms with E-state index < -0.39 is 10.0 Å². The smallest absolute Gasteiger partial charge is 0.244 e. The van der Waals surface area contributed by atoms with Gasteiger partial charge in [-0.05, 0) is 6.07 Å². The van der Waals surface area contributed by atoms with Crippen LogP contribution in [0.15, 0.2) is 29.0 Å². The van der Waals surface area contributed by atoms with Crippen molar-refractivity contribution in [2.75, 3.05) is 13.1 Å². The molecule has 0 aliphatic carbocycles. The summed E-state index contributed by atoms with van der Waals surface area (Å²) in [5, 5.41) is 10.4. The highest BCUT2D eigenvalue weighted by molar-refractivity contribution is 7.89. The first-order valence-electron chi connectivity index (χ1n) is 4.85. The van der Waals surface area contributed by atoms with Gasteiger partial charge in [-0.25, -0.2) is 8.42 Å². The largest absolute Gasteiger partial charge is 0.391 e. The Hall–Kier alpha value is -0.690. The number of thiophene rings is 1. The second kappa shape index (κ2) is 5.58. The molecular formula is C10H15NO3S2. The Morgan fingerprint density at radius 2 is 2.31 bits per heavy atom. The number of hydrogen-bond acceptors (Lipinski definition) is 4. The van der Waals surface area contributed by atoms with Crippen molar-refractivity contribution in [2.24, 2.45) is 0 Å². The molecule has 1 heterocycles. The van der Waals surface area contributed by atoms with Gasteiger partial charge in [0.15, 0.2) is 0 Å². The Bertz CT molecular complexity index is 450. The highest BCUT2D eigenvalue weighted by Crippen LogP contribution is 2.22. The molecule has 0 spiro atoms. The van der Waals surface area contributed by atoms with Crippen molar-refractivity contribution in [3.05, 3.63) is 29.0 Å². The molecule has 4 nitrogen and oxygen atoms in total. The van der Waals surface area contributed by atoms with Crippen molar-refractivity contribution in [3.63, 3.8) is 0 Å². The standard InChI is InChI=1S/C10H15NO3S2/c1-3-5-11(4-2)16(13,14)10-6-9(7-12)15-8-10/h3,6,8,12H,1,4-5,7H2,2H3. The first-order valence-corrected chi connectivity index (χ1v) is 7.17. The van der Waals surface area contributed by atoms with Gasteiger partial charge in [0, 0.05) is 23.3 Å². The van der Waals surface area contributed by atoms with E-state index in [4.69, 9.17) is 5.11 Å². The van der Waals surface area contributed by atoms with Crippen LogP contribution in [0, 0.1) is 0 Å². The van der Waals surface area contributed by atoms with E-state index in [9.17, 15) is 8.42 Å². The SMILES string of the molecule is C=CCN(CC)S(=O)(=O)c1csc(CO)c1. The van der Waals surface area contributed by atoms with E-state index in [0.717, 1.165) is 0 Å². The van der Waals surface area contributed by atoms with Crippen molar-refractivity contribution < 1.29 is 13.5 Å². The lowest BCUT2D eigenvalue weighted by atomic mass is 10.5. The third kappa shape index (κ3) is 2.70. The van der Waals surface area contributed by atoms with Gasteiger partial charge in [-0.15, -0.1) is 17.9 Å². The first kappa shape index (κ1) is 13.4. The zero-order valence-corrected chi connectivity index (χ0v) is 10.7. The minimum atomic E-state index is -3.44. The van der Waals surface area contributed by atoms with Gasteiger partial charge in [-0.2, -0.15) is 4.31 Å². The first-order chi connectivity index (χ1) is 7.56. The molecule has 0 atom stereocenters. The van der Waals surface area contributed by atoms with Crippen LogP contribution >= 0.6 is 11.3 Å². The lowest BCUT2D eigenvalue weighted by molar-refractivity contribution is 0.285. The molecule has 16 heavy (non-hydrogen) atoms. The summed E-state index contributed by atoms with van der Waals surface area (Å²) < 4.78 is 25.5. The fourth-order valence-corrected chi connectivity index (χ4v) is 3.81. The van der Waals surface area contributed by atoms with Crippen LogP contribution in [-0.2, 0) is 16.6 Å². The lowest BCUT2D eigenvalue weighted by Crippen LogP contribution is -2.30. The van der Waals surface area contributed by atoms with Gasteiger partial charge < -0.3 is 5.11 Å². The highest BCUT2D eigenvalue weighted by Gasteiger charge is 2.22. The van der Waals surface area contributed by atoms with E-state index in [1.54, 1.807) is 18.4 Å². The summed E-state index contributed by atoms with van der Waals surface area (Å²) in [5.41, 5.74) is 0. The van der Waals surface area contributed by atoms with Crippen LogP contribution in [0.3, 0.4) is 0 Å². The van der Waals surface area contributed by atoms with E-state index in [2.05, 4.69) is 6.58 Å². The summed E-state index contributed by atoms with van der Waals surface area (Å²) in [5.74, 6) is 0. The van der Waals surface area contributed by atoms with Crippen LogP contribution in [0.25, 0.3) is 0 Å². The van der Waals surface area contributed by atoms with Crippen molar-refractivity contribution in [1.29, 1.82) is 0 Å². The van der Waals surface area contributed by atoms with E-state index in [1.807, 2.05) is 0 Å². The Labute approximate surface area is 99.9 Å². The number of nitrogens with zero attached hydrogens (tertiary/aromatic N) is 1. The van der Waals surface area contributed by atoms with Gasteiger partial charge in [0.2, 0.25) is 10.0 Å². The maximum atomic E-state index is 12.1. The fraction of sp³-hybridized carbons (Fsp3) is 0.400. The molecule has 1 N–H and O–H groups in total. The number of aliphatic hydroxyl groups is 1. The van der Waals surface area contributed by atoms with Crippen LogP contribution in [0.2, 0.25) is 0 Å². The van der Waals surface area contributed by atoms with Gasteiger partial charge >= 0.3 is 0 Å². The Morgan fingerprint density at radius 3 is 2.75 bits per heavy atom. The Balaban J connectivity index is 3.04. The monoisotopic (exact) mass is 261 g/mol. The minimum absolute atomic E-state index is 0.131. The van der Waals surface area contributed by atoms with E-state index >= 15 is 0 Å². The molecule has 0 saturated carbocycles. The molecular weight excluding hydrogens is 246 g/mol. The van der Waals surface area contributed by atoms with Gasteiger partial charge in [-0.3, -0.25) is 0 Å². The molecule has 0 saturated heterocycles. The Morgan fingerprint density at radius 1 is 1.62 bits per heavy atom.